The third kappa shape index (κ3) is 4.30. The van der Waals surface area contributed by atoms with Crippen molar-refractivity contribution in [2.24, 2.45) is 0 Å². The topological polar surface area (TPSA) is 84.9 Å². The lowest BCUT2D eigenvalue weighted by molar-refractivity contribution is -0.118. The highest BCUT2D eigenvalue weighted by Crippen LogP contribution is 2.39. The largest absolute Gasteiger partial charge is 0.492 e. The van der Waals surface area contributed by atoms with Crippen LogP contribution < -0.4 is 5.32 Å². The Kier molecular flexibility index (Phi) is 6.15. The van der Waals surface area contributed by atoms with Crippen LogP contribution in [-0.4, -0.2) is 41.8 Å². The minimum atomic E-state index is -2.15. The van der Waals surface area contributed by atoms with Crippen molar-refractivity contribution in [3.05, 3.63) is 39.9 Å². The number of halogens is 4. The molecule has 1 fully saturated rings. The van der Waals surface area contributed by atoms with Crippen LogP contribution in [-0.2, 0) is 14.1 Å². The predicted molar refractivity (Wildman–Crippen MR) is 96.0 cm³/mol. The SMILES string of the molecule is CC(=O)NCC(=Cc1c(F)c(F)c(C(=O)O)c(F)c1F)B1OC(C)(C)C(C)(C)O1. The summed E-state index contributed by atoms with van der Waals surface area (Å²) in [5, 5.41) is 11.2. The predicted octanol–water partition coefficient (Wildman–Crippen LogP) is 3.09. The van der Waals surface area contributed by atoms with E-state index in [0.29, 0.717) is 0 Å². The zero-order chi connectivity index (χ0) is 22.3. The molecule has 1 saturated heterocycles. The molecule has 0 bridgehead atoms. The van der Waals surface area contributed by atoms with Crippen molar-refractivity contribution < 1.29 is 41.6 Å². The van der Waals surface area contributed by atoms with E-state index in [1.54, 1.807) is 27.7 Å². The lowest BCUT2D eigenvalue weighted by atomic mass is 9.76. The van der Waals surface area contributed by atoms with E-state index in [9.17, 15) is 27.2 Å². The fraction of sp³-hybridized carbons (Fsp3) is 0.444. The molecule has 0 aromatic heterocycles. The number of aromatic carboxylic acids is 1. The molecule has 0 unspecified atom stereocenters. The average Bonchev–Trinajstić information content (AvgIpc) is 2.79. The van der Waals surface area contributed by atoms with Gasteiger partial charge in [-0.25, -0.2) is 22.4 Å². The van der Waals surface area contributed by atoms with Gasteiger partial charge in [0, 0.05) is 13.5 Å². The summed E-state index contributed by atoms with van der Waals surface area (Å²) in [6.45, 7) is 7.76. The second-order valence-electron chi connectivity index (χ2n) is 7.57. The van der Waals surface area contributed by atoms with Gasteiger partial charge in [0.05, 0.1) is 16.8 Å². The number of amides is 1. The molecule has 0 radical (unpaired) electrons. The molecule has 1 amide bonds. The molecule has 0 aliphatic carbocycles. The van der Waals surface area contributed by atoms with Gasteiger partial charge in [-0.2, -0.15) is 0 Å². The number of carbonyl (C=O) groups excluding carboxylic acids is 1. The van der Waals surface area contributed by atoms with Gasteiger partial charge in [0.25, 0.3) is 0 Å². The fourth-order valence-corrected chi connectivity index (χ4v) is 2.57. The summed E-state index contributed by atoms with van der Waals surface area (Å²) in [5.74, 6) is -10.5. The van der Waals surface area contributed by atoms with Crippen LogP contribution in [0.2, 0.25) is 0 Å². The highest BCUT2D eigenvalue weighted by molar-refractivity contribution is 6.56. The van der Waals surface area contributed by atoms with Crippen molar-refractivity contribution in [3.8, 4) is 0 Å². The first-order valence-corrected chi connectivity index (χ1v) is 8.59. The number of hydrogen-bond donors (Lipinski definition) is 2. The van der Waals surface area contributed by atoms with Crippen molar-refractivity contribution in [2.45, 2.75) is 45.8 Å². The lowest BCUT2D eigenvalue weighted by Crippen LogP contribution is -2.41. The van der Waals surface area contributed by atoms with Crippen molar-refractivity contribution in [1.82, 2.24) is 5.32 Å². The molecule has 2 N–H and O–H groups in total. The van der Waals surface area contributed by atoms with Gasteiger partial charge in [-0.3, -0.25) is 4.79 Å². The van der Waals surface area contributed by atoms with E-state index in [-0.39, 0.29) is 12.0 Å². The van der Waals surface area contributed by atoms with E-state index in [1.807, 2.05) is 0 Å². The Morgan fingerprint density at radius 1 is 1.00 bits per heavy atom. The lowest BCUT2D eigenvalue weighted by Gasteiger charge is -2.32. The van der Waals surface area contributed by atoms with Gasteiger partial charge in [0.2, 0.25) is 5.91 Å². The second-order valence-corrected chi connectivity index (χ2v) is 7.57. The number of rotatable bonds is 5. The maximum atomic E-state index is 14.4. The minimum Gasteiger partial charge on any atom is -0.477 e. The standard InChI is InChI=1S/C18H20BF4NO5/c1-8(25)24-7-9(19-28-17(2,3)18(4,5)29-19)6-10-12(20)14(22)11(16(26)27)15(23)13(10)21/h6H,7H2,1-5H3,(H,24,25)(H,26,27). The van der Waals surface area contributed by atoms with Crippen LogP contribution in [0, 0.1) is 23.3 Å². The monoisotopic (exact) mass is 417 g/mol. The molecular weight excluding hydrogens is 397 g/mol. The third-order valence-electron chi connectivity index (χ3n) is 4.94. The summed E-state index contributed by atoms with van der Waals surface area (Å²) in [7, 11) is -1.18. The molecule has 1 aromatic carbocycles. The maximum absolute atomic E-state index is 14.4. The summed E-state index contributed by atoms with van der Waals surface area (Å²) in [6, 6.07) is 0. The van der Waals surface area contributed by atoms with Crippen LogP contribution >= 0.6 is 0 Å². The Labute approximate surface area is 165 Å². The minimum absolute atomic E-state index is 0.0291. The van der Waals surface area contributed by atoms with Crippen molar-refractivity contribution in [2.75, 3.05) is 6.54 Å². The number of carboxylic acid groups (broad SMARTS) is 1. The van der Waals surface area contributed by atoms with Crippen molar-refractivity contribution >= 4 is 25.1 Å². The Morgan fingerprint density at radius 2 is 1.45 bits per heavy atom. The smallest absolute Gasteiger partial charge is 0.477 e. The molecule has 11 heteroatoms. The number of carbonyl (C=O) groups is 2. The van der Waals surface area contributed by atoms with Gasteiger partial charge in [0.15, 0.2) is 23.3 Å². The van der Waals surface area contributed by atoms with Crippen LogP contribution in [0.4, 0.5) is 17.6 Å². The maximum Gasteiger partial charge on any atom is 0.492 e. The molecule has 0 spiro atoms. The molecule has 1 heterocycles. The Balaban J connectivity index is 2.61. The molecular formula is C18H20BF4NO5. The third-order valence-corrected chi connectivity index (χ3v) is 4.94. The summed E-state index contributed by atoms with van der Waals surface area (Å²) >= 11 is 0. The van der Waals surface area contributed by atoms with Gasteiger partial charge >= 0.3 is 13.1 Å². The molecule has 2 rings (SSSR count). The molecule has 1 aromatic rings. The quantitative estimate of drug-likeness (QED) is 0.437. The number of carboxylic acids is 1. The van der Waals surface area contributed by atoms with E-state index in [0.717, 1.165) is 6.08 Å². The van der Waals surface area contributed by atoms with E-state index in [2.05, 4.69) is 5.32 Å². The number of benzene rings is 1. The Hall–Kier alpha value is -2.40. The summed E-state index contributed by atoms with van der Waals surface area (Å²) in [5.41, 5.74) is -4.60. The van der Waals surface area contributed by atoms with E-state index < -0.39 is 64.6 Å². The molecule has 1 aliphatic heterocycles. The zero-order valence-electron chi connectivity index (χ0n) is 16.5. The Morgan fingerprint density at radius 3 is 1.83 bits per heavy atom. The number of hydrogen-bond acceptors (Lipinski definition) is 4. The second kappa shape index (κ2) is 7.79. The normalized spacial score (nSPS) is 18.1. The van der Waals surface area contributed by atoms with Gasteiger partial charge in [-0.15, -0.1) is 0 Å². The first-order chi connectivity index (χ1) is 13.2. The molecule has 0 saturated carbocycles. The molecule has 6 nitrogen and oxygen atoms in total. The molecule has 1 aliphatic rings. The van der Waals surface area contributed by atoms with Gasteiger partial charge in [0.1, 0.15) is 5.56 Å². The fourth-order valence-electron chi connectivity index (χ4n) is 2.57. The first kappa shape index (κ1) is 22.9. The van der Waals surface area contributed by atoms with Crippen molar-refractivity contribution in [3.63, 3.8) is 0 Å². The van der Waals surface area contributed by atoms with Gasteiger partial charge in [-0.1, -0.05) is 6.08 Å². The molecule has 0 atom stereocenters. The zero-order valence-corrected chi connectivity index (χ0v) is 16.5. The number of nitrogens with one attached hydrogen (secondary N) is 1. The van der Waals surface area contributed by atoms with E-state index in [4.69, 9.17) is 14.4 Å². The summed E-state index contributed by atoms with van der Waals surface area (Å²) < 4.78 is 68.3. The summed E-state index contributed by atoms with van der Waals surface area (Å²) in [4.78, 5) is 22.2. The van der Waals surface area contributed by atoms with Crippen LogP contribution in [0.3, 0.4) is 0 Å². The van der Waals surface area contributed by atoms with Crippen LogP contribution in [0.25, 0.3) is 6.08 Å². The average molecular weight is 417 g/mol. The highest BCUT2D eigenvalue weighted by atomic mass is 19.2. The van der Waals surface area contributed by atoms with E-state index >= 15 is 0 Å². The van der Waals surface area contributed by atoms with E-state index in [1.165, 1.54) is 6.92 Å². The van der Waals surface area contributed by atoms with Crippen LogP contribution in [0.5, 0.6) is 0 Å². The van der Waals surface area contributed by atoms with Crippen molar-refractivity contribution in [1.29, 1.82) is 0 Å². The summed E-state index contributed by atoms with van der Waals surface area (Å²) in [6.07, 6.45) is 0.737. The molecule has 158 valence electrons. The van der Waals surface area contributed by atoms with Gasteiger partial charge in [-0.05, 0) is 33.2 Å². The van der Waals surface area contributed by atoms with Crippen LogP contribution in [0.15, 0.2) is 5.47 Å². The van der Waals surface area contributed by atoms with Crippen LogP contribution in [0.1, 0.15) is 50.5 Å². The molecule has 29 heavy (non-hydrogen) atoms. The highest BCUT2D eigenvalue weighted by Gasteiger charge is 2.52. The Bertz CT molecular complexity index is 856. The first-order valence-electron chi connectivity index (χ1n) is 8.59. The van der Waals surface area contributed by atoms with Gasteiger partial charge < -0.3 is 19.7 Å².